The van der Waals surface area contributed by atoms with Gasteiger partial charge in [-0.2, -0.15) is 0 Å². The van der Waals surface area contributed by atoms with Crippen LogP contribution in [0, 0.1) is 6.92 Å². The van der Waals surface area contributed by atoms with Gasteiger partial charge in [-0.05, 0) is 32.9 Å². The molecular weight excluding hydrogens is 198 g/mol. The molecule has 2 heteroatoms. The zero-order chi connectivity index (χ0) is 11.8. The minimum Gasteiger partial charge on any atom is -0.388 e. The molecule has 0 bridgehead atoms. The topological polar surface area (TPSA) is 23.5 Å². The van der Waals surface area contributed by atoms with E-state index in [9.17, 15) is 5.11 Å². The second kappa shape index (κ2) is 4.19. The van der Waals surface area contributed by atoms with E-state index in [4.69, 9.17) is 0 Å². The molecular formula is C14H21NO. The number of rotatable bonds is 2. The lowest BCUT2D eigenvalue weighted by Crippen LogP contribution is -2.34. The van der Waals surface area contributed by atoms with Crippen molar-refractivity contribution in [1.29, 1.82) is 0 Å². The highest BCUT2D eigenvalue weighted by Crippen LogP contribution is 2.28. The number of likely N-dealkylation sites (N-methyl/N-ethyl adjacent to an activating group) is 1. The van der Waals surface area contributed by atoms with Gasteiger partial charge in [0.25, 0.3) is 0 Å². The Morgan fingerprint density at radius 3 is 2.50 bits per heavy atom. The molecule has 88 valence electrons. The van der Waals surface area contributed by atoms with E-state index in [2.05, 4.69) is 50.1 Å². The van der Waals surface area contributed by atoms with Crippen molar-refractivity contribution in [2.75, 3.05) is 13.6 Å². The summed E-state index contributed by atoms with van der Waals surface area (Å²) in [7, 11) is 2.08. The van der Waals surface area contributed by atoms with Gasteiger partial charge < -0.3 is 10.0 Å². The molecule has 2 unspecified atom stereocenters. The van der Waals surface area contributed by atoms with E-state index >= 15 is 0 Å². The highest BCUT2D eigenvalue weighted by atomic mass is 16.3. The molecule has 1 aromatic rings. The quantitative estimate of drug-likeness (QED) is 0.822. The normalized spacial score (nSPS) is 30.9. The van der Waals surface area contributed by atoms with E-state index in [1.807, 2.05) is 0 Å². The van der Waals surface area contributed by atoms with Gasteiger partial charge in [0.05, 0.1) is 5.60 Å². The minimum absolute atomic E-state index is 0.482. The fraction of sp³-hybridized carbons (Fsp3) is 0.571. The summed E-state index contributed by atoms with van der Waals surface area (Å²) in [4.78, 5) is 2.23. The monoisotopic (exact) mass is 219 g/mol. The van der Waals surface area contributed by atoms with Crippen molar-refractivity contribution in [3.8, 4) is 0 Å². The van der Waals surface area contributed by atoms with Crippen molar-refractivity contribution in [2.45, 2.75) is 38.3 Å². The molecule has 0 aliphatic carbocycles. The van der Waals surface area contributed by atoms with Crippen LogP contribution in [0.5, 0.6) is 0 Å². The average molecular weight is 219 g/mol. The van der Waals surface area contributed by atoms with Gasteiger partial charge in [0.1, 0.15) is 0 Å². The molecule has 1 fully saturated rings. The van der Waals surface area contributed by atoms with Crippen LogP contribution in [0.3, 0.4) is 0 Å². The van der Waals surface area contributed by atoms with Crippen LogP contribution in [0.15, 0.2) is 24.3 Å². The third-order valence-corrected chi connectivity index (χ3v) is 3.63. The first-order chi connectivity index (χ1) is 7.48. The van der Waals surface area contributed by atoms with Crippen LogP contribution >= 0.6 is 0 Å². The number of benzene rings is 1. The van der Waals surface area contributed by atoms with Crippen LogP contribution in [0.4, 0.5) is 0 Å². The third-order valence-electron chi connectivity index (χ3n) is 3.63. The number of aliphatic hydroxyl groups is 1. The van der Waals surface area contributed by atoms with Gasteiger partial charge in [0.2, 0.25) is 0 Å². The molecule has 0 radical (unpaired) electrons. The highest BCUT2D eigenvalue weighted by Gasteiger charge is 2.38. The van der Waals surface area contributed by atoms with Gasteiger partial charge in [-0.25, -0.2) is 0 Å². The summed E-state index contributed by atoms with van der Waals surface area (Å²) in [5, 5.41) is 10.5. The Kier molecular flexibility index (Phi) is 3.04. The van der Waals surface area contributed by atoms with E-state index in [0.29, 0.717) is 6.04 Å². The second-order valence-corrected chi connectivity index (χ2v) is 5.35. The van der Waals surface area contributed by atoms with Crippen molar-refractivity contribution in [3.05, 3.63) is 35.4 Å². The van der Waals surface area contributed by atoms with Gasteiger partial charge in [0, 0.05) is 19.0 Å². The number of aryl methyl sites for hydroxylation is 1. The van der Waals surface area contributed by atoms with Gasteiger partial charge in [0.15, 0.2) is 0 Å². The van der Waals surface area contributed by atoms with Crippen LogP contribution in [0.25, 0.3) is 0 Å². The van der Waals surface area contributed by atoms with E-state index < -0.39 is 5.60 Å². The first-order valence-corrected chi connectivity index (χ1v) is 5.97. The Hall–Kier alpha value is -0.860. The van der Waals surface area contributed by atoms with E-state index in [1.165, 1.54) is 11.1 Å². The number of nitrogens with zero attached hydrogens (tertiary/aromatic N) is 1. The summed E-state index contributed by atoms with van der Waals surface area (Å²) < 4.78 is 0. The van der Waals surface area contributed by atoms with Crippen LogP contribution in [-0.4, -0.2) is 35.2 Å². The first kappa shape index (κ1) is 11.6. The minimum atomic E-state index is -0.538. The summed E-state index contributed by atoms with van der Waals surface area (Å²) in [6.45, 7) is 5.04. The molecule has 1 aromatic carbocycles. The Labute approximate surface area is 97.9 Å². The lowest BCUT2D eigenvalue weighted by atomic mass is 9.92. The maximum atomic E-state index is 10.5. The van der Waals surface area contributed by atoms with Crippen LogP contribution in [0.2, 0.25) is 0 Å². The fourth-order valence-electron chi connectivity index (χ4n) is 2.60. The molecule has 1 heterocycles. The second-order valence-electron chi connectivity index (χ2n) is 5.35. The van der Waals surface area contributed by atoms with Crippen LogP contribution in [0.1, 0.15) is 24.5 Å². The largest absolute Gasteiger partial charge is 0.388 e. The molecule has 1 aliphatic rings. The maximum absolute atomic E-state index is 10.5. The van der Waals surface area contributed by atoms with E-state index in [-0.39, 0.29) is 0 Å². The fourth-order valence-corrected chi connectivity index (χ4v) is 2.60. The molecule has 0 saturated carbocycles. The third kappa shape index (κ3) is 2.45. The summed E-state index contributed by atoms with van der Waals surface area (Å²) in [5.74, 6) is 0. The van der Waals surface area contributed by atoms with Crippen LogP contribution < -0.4 is 0 Å². The number of β-amino-alcohol motifs (C(OH)–C–C–N with tert-alkyl or cyclic N) is 1. The molecule has 16 heavy (non-hydrogen) atoms. The molecule has 0 amide bonds. The van der Waals surface area contributed by atoms with Crippen molar-refractivity contribution in [1.82, 2.24) is 4.90 Å². The van der Waals surface area contributed by atoms with E-state index in [0.717, 1.165) is 19.4 Å². The summed E-state index contributed by atoms with van der Waals surface area (Å²) in [6, 6.07) is 8.95. The Morgan fingerprint density at radius 1 is 1.38 bits per heavy atom. The first-order valence-electron chi connectivity index (χ1n) is 5.97. The zero-order valence-corrected chi connectivity index (χ0v) is 10.4. The lowest BCUT2D eigenvalue weighted by Gasteiger charge is -2.22. The lowest BCUT2D eigenvalue weighted by molar-refractivity contribution is 0.0520. The Bertz CT molecular complexity index is 348. The number of likely N-dealkylation sites (tertiary alicyclic amines) is 1. The van der Waals surface area contributed by atoms with Crippen molar-refractivity contribution in [2.24, 2.45) is 0 Å². The number of hydrogen-bond acceptors (Lipinski definition) is 2. The van der Waals surface area contributed by atoms with Gasteiger partial charge in [-0.3, -0.25) is 0 Å². The molecule has 1 aliphatic heterocycles. The predicted octanol–water partition coefficient (Wildman–Crippen LogP) is 1.99. The maximum Gasteiger partial charge on any atom is 0.0828 e. The summed E-state index contributed by atoms with van der Waals surface area (Å²) in [6.07, 6.45) is 1.64. The zero-order valence-electron chi connectivity index (χ0n) is 10.4. The Balaban J connectivity index is 2.07. The molecule has 1 N–H and O–H groups in total. The summed E-state index contributed by atoms with van der Waals surface area (Å²) in [5.41, 5.74) is 1.96. The van der Waals surface area contributed by atoms with Crippen LogP contribution in [-0.2, 0) is 6.42 Å². The van der Waals surface area contributed by atoms with Gasteiger partial charge in [-0.15, -0.1) is 0 Å². The molecule has 2 rings (SSSR count). The number of hydrogen-bond donors (Lipinski definition) is 1. The highest BCUT2D eigenvalue weighted by molar-refractivity contribution is 5.23. The predicted molar refractivity (Wildman–Crippen MR) is 66.5 cm³/mol. The smallest absolute Gasteiger partial charge is 0.0828 e. The summed E-state index contributed by atoms with van der Waals surface area (Å²) >= 11 is 0. The molecule has 0 aromatic heterocycles. The van der Waals surface area contributed by atoms with E-state index in [1.54, 1.807) is 0 Å². The van der Waals surface area contributed by atoms with Gasteiger partial charge >= 0.3 is 0 Å². The molecule has 2 nitrogen and oxygen atoms in total. The van der Waals surface area contributed by atoms with Gasteiger partial charge in [-0.1, -0.05) is 29.8 Å². The average Bonchev–Trinajstić information content (AvgIpc) is 2.45. The van der Waals surface area contributed by atoms with Crippen molar-refractivity contribution >= 4 is 0 Å². The van der Waals surface area contributed by atoms with Crippen molar-refractivity contribution in [3.63, 3.8) is 0 Å². The SMILES string of the molecule is Cc1ccc(CC2(O)CC(C)N(C)C2)cc1. The standard InChI is InChI=1S/C14H21NO/c1-11-4-6-13(7-5-11)9-14(16)8-12(2)15(3)10-14/h4-7,12,16H,8-10H2,1-3H3. The van der Waals surface area contributed by atoms with Crippen molar-refractivity contribution < 1.29 is 5.11 Å². The molecule has 0 spiro atoms. The molecule has 1 saturated heterocycles. The molecule has 2 atom stereocenters. The Morgan fingerprint density at radius 2 is 2.00 bits per heavy atom.